The highest BCUT2D eigenvalue weighted by Gasteiger charge is 2.39. The predicted molar refractivity (Wildman–Crippen MR) is 79.7 cm³/mol. The minimum atomic E-state index is -3.62. The van der Waals surface area contributed by atoms with Crippen LogP contribution in [0.1, 0.15) is 5.56 Å². The van der Waals surface area contributed by atoms with E-state index in [1.165, 1.54) is 16.4 Å². The standard InChI is InChI=1S/C13H19ClN2O4S/c1-19-12-7-16(8-13(12)20-2)21(17,18)10-4-3-9(6-15)11(14)5-10/h3-5,12-13H,6-8,15H2,1-2H3. The summed E-state index contributed by atoms with van der Waals surface area (Å²) in [6.07, 6.45) is -0.549. The average molecular weight is 335 g/mol. The van der Waals surface area contributed by atoms with Gasteiger partial charge in [0.2, 0.25) is 10.0 Å². The molecule has 21 heavy (non-hydrogen) atoms. The third-order valence-electron chi connectivity index (χ3n) is 3.67. The Kier molecular flexibility index (Phi) is 5.24. The Hall–Kier alpha value is -0.700. The molecule has 8 heteroatoms. The van der Waals surface area contributed by atoms with Crippen molar-refractivity contribution in [3.8, 4) is 0 Å². The van der Waals surface area contributed by atoms with E-state index < -0.39 is 10.0 Å². The lowest BCUT2D eigenvalue weighted by atomic mass is 10.2. The Bertz CT molecular complexity index is 596. The van der Waals surface area contributed by atoms with Gasteiger partial charge in [-0.05, 0) is 17.7 Å². The van der Waals surface area contributed by atoms with E-state index in [1.807, 2.05) is 0 Å². The second kappa shape index (κ2) is 6.60. The van der Waals surface area contributed by atoms with Crippen molar-refractivity contribution in [2.24, 2.45) is 5.73 Å². The number of hydrogen-bond acceptors (Lipinski definition) is 5. The van der Waals surface area contributed by atoms with Crippen LogP contribution in [-0.2, 0) is 26.0 Å². The van der Waals surface area contributed by atoms with Crippen LogP contribution in [0.2, 0.25) is 5.02 Å². The molecule has 0 saturated carbocycles. The largest absolute Gasteiger partial charge is 0.377 e. The minimum absolute atomic E-state index is 0.149. The molecule has 0 bridgehead atoms. The van der Waals surface area contributed by atoms with Gasteiger partial charge in [-0.1, -0.05) is 17.7 Å². The van der Waals surface area contributed by atoms with E-state index in [9.17, 15) is 8.42 Å². The summed E-state index contributed by atoms with van der Waals surface area (Å²) >= 11 is 6.04. The summed E-state index contributed by atoms with van der Waals surface area (Å²) in [5, 5.41) is 0.351. The number of hydrogen-bond donors (Lipinski definition) is 1. The number of nitrogens with two attached hydrogens (primary N) is 1. The number of halogens is 1. The van der Waals surface area contributed by atoms with Gasteiger partial charge in [0, 0.05) is 38.9 Å². The topological polar surface area (TPSA) is 81.9 Å². The van der Waals surface area contributed by atoms with Gasteiger partial charge in [0.1, 0.15) is 0 Å². The normalized spacial score (nSPS) is 23.6. The van der Waals surface area contributed by atoms with E-state index in [0.29, 0.717) is 10.6 Å². The SMILES string of the molecule is COC1CN(S(=O)(=O)c2ccc(CN)c(Cl)c2)CC1OC. The Morgan fingerprint density at radius 1 is 1.29 bits per heavy atom. The Balaban J connectivity index is 2.28. The molecule has 1 heterocycles. The summed E-state index contributed by atoms with van der Waals surface area (Å²) in [5.41, 5.74) is 6.24. The Morgan fingerprint density at radius 2 is 1.86 bits per heavy atom. The molecule has 1 aromatic carbocycles. The first kappa shape index (κ1) is 16.7. The van der Waals surface area contributed by atoms with E-state index in [4.69, 9.17) is 26.8 Å². The monoisotopic (exact) mass is 334 g/mol. The molecular weight excluding hydrogens is 316 g/mol. The summed E-state index contributed by atoms with van der Waals surface area (Å²) in [6, 6.07) is 4.58. The second-order valence-corrected chi connectivity index (χ2v) is 7.17. The van der Waals surface area contributed by atoms with Gasteiger partial charge in [0.05, 0.1) is 17.1 Å². The summed E-state index contributed by atoms with van der Waals surface area (Å²) in [7, 11) is -0.541. The van der Waals surface area contributed by atoms with Gasteiger partial charge >= 0.3 is 0 Å². The van der Waals surface area contributed by atoms with E-state index >= 15 is 0 Å². The van der Waals surface area contributed by atoms with Crippen LogP contribution in [0.5, 0.6) is 0 Å². The third kappa shape index (κ3) is 3.23. The van der Waals surface area contributed by atoms with Gasteiger partial charge < -0.3 is 15.2 Å². The van der Waals surface area contributed by atoms with Crippen LogP contribution in [0.15, 0.2) is 23.1 Å². The number of rotatable bonds is 5. The Morgan fingerprint density at radius 3 is 2.29 bits per heavy atom. The van der Waals surface area contributed by atoms with Crippen LogP contribution in [0.4, 0.5) is 0 Å². The average Bonchev–Trinajstić information content (AvgIpc) is 2.91. The summed E-state index contributed by atoms with van der Waals surface area (Å²) in [6.45, 7) is 0.779. The molecule has 118 valence electrons. The number of ether oxygens (including phenoxy) is 2. The van der Waals surface area contributed by atoms with Gasteiger partial charge in [-0.25, -0.2) is 8.42 Å². The van der Waals surface area contributed by atoms with Crippen molar-refractivity contribution < 1.29 is 17.9 Å². The van der Waals surface area contributed by atoms with Gasteiger partial charge in [-0.2, -0.15) is 4.31 Å². The van der Waals surface area contributed by atoms with Crippen molar-refractivity contribution in [1.82, 2.24) is 4.31 Å². The predicted octanol–water partition coefficient (Wildman–Crippen LogP) is 0.833. The molecule has 1 aromatic rings. The molecule has 0 spiro atoms. The molecule has 2 atom stereocenters. The molecule has 0 aliphatic carbocycles. The maximum Gasteiger partial charge on any atom is 0.243 e. The number of sulfonamides is 1. The summed E-state index contributed by atoms with van der Waals surface area (Å²) < 4.78 is 37.1. The van der Waals surface area contributed by atoms with E-state index in [2.05, 4.69) is 0 Å². The molecule has 1 fully saturated rings. The quantitative estimate of drug-likeness (QED) is 0.862. The van der Waals surface area contributed by atoms with Crippen LogP contribution in [0.3, 0.4) is 0 Å². The highest BCUT2D eigenvalue weighted by Crippen LogP contribution is 2.27. The van der Waals surface area contributed by atoms with Crippen molar-refractivity contribution in [2.75, 3.05) is 27.3 Å². The van der Waals surface area contributed by atoms with Crippen LogP contribution in [0, 0.1) is 0 Å². The molecule has 1 aliphatic rings. The zero-order chi connectivity index (χ0) is 15.6. The number of nitrogens with zero attached hydrogens (tertiary/aromatic N) is 1. The first-order valence-electron chi connectivity index (χ1n) is 6.48. The zero-order valence-electron chi connectivity index (χ0n) is 12.0. The van der Waals surface area contributed by atoms with Gasteiger partial charge in [0.25, 0.3) is 0 Å². The molecule has 0 amide bonds. The zero-order valence-corrected chi connectivity index (χ0v) is 13.5. The first-order valence-corrected chi connectivity index (χ1v) is 8.30. The van der Waals surface area contributed by atoms with Gasteiger partial charge in [0.15, 0.2) is 0 Å². The minimum Gasteiger partial charge on any atom is -0.377 e. The third-order valence-corrected chi connectivity index (χ3v) is 5.85. The van der Waals surface area contributed by atoms with E-state index in [0.717, 1.165) is 0 Å². The number of methoxy groups -OCH3 is 2. The molecule has 0 aromatic heterocycles. The van der Waals surface area contributed by atoms with Gasteiger partial charge in [-0.15, -0.1) is 0 Å². The van der Waals surface area contributed by atoms with Crippen LogP contribution in [0.25, 0.3) is 0 Å². The highest BCUT2D eigenvalue weighted by molar-refractivity contribution is 7.89. The van der Waals surface area contributed by atoms with Gasteiger partial charge in [-0.3, -0.25) is 0 Å². The molecule has 2 rings (SSSR count). The van der Waals surface area contributed by atoms with Crippen molar-refractivity contribution in [2.45, 2.75) is 23.6 Å². The molecule has 6 nitrogen and oxygen atoms in total. The van der Waals surface area contributed by atoms with Crippen molar-refractivity contribution in [3.05, 3.63) is 28.8 Å². The molecule has 2 unspecified atom stereocenters. The first-order chi connectivity index (χ1) is 9.93. The fourth-order valence-electron chi connectivity index (χ4n) is 2.36. The maximum absolute atomic E-state index is 12.6. The smallest absolute Gasteiger partial charge is 0.243 e. The summed E-state index contributed by atoms with van der Waals surface area (Å²) in [5.74, 6) is 0. The van der Waals surface area contributed by atoms with E-state index in [-0.39, 0.29) is 36.7 Å². The summed E-state index contributed by atoms with van der Waals surface area (Å²) in [4.78, 5) is 0.149. The molecular formula is C13H19ClN2O4S. The molecule has 0 radical (unpaired) electrons. The van der Waals surface area contributed by atoms with Crippen molar-refractivity contribution >= 4 is 21.6 Å². The van der Waals surface area contributed by atoms with E-state index in [1.54, 1.807) is 20.3 Å². The van der Waals surface area contributed by atoms with Crippen LogP contribution < -0.4 is 5.73 Å². The lowest BCUT2D eigenvalue weighted by Gasteiger charge is -2.16. The molecule has 1 saturated heterocycles. The molecule has 1 aliphatic heterocycles. The highest BCUT2D eigenvalue weighted by atomic mass is 35.5. The lowest BCUT2D eigenvalue weighted by Crippen LogP contribution is -2.30. The number of benzene rings is 1. The van der Waals surface area contributed by atoms with Crippen molar-refractivity contribution in [1.29, 1.82) is 0 Å². The Labute approximate surface area is 129 Å². The van der Waals surface area contributed by atoms with Crippen molar-refractivity contribution in [3.63, 3.8) is 0 Å². The fourth-order valence-corrected chi connectivity index (χ4v) is 4.18. The van der Waals surface area contributed by atoms with Crippen LogP contribution in [-0.4, -0.2) is 52.2 Å². The van der Waals surface area contributed by atoms with Crippen LogP contribution >= 0.6 is 11.6 Å². The maximum atomic E-state index is 12.6. The lowest BCUT2D eigenvalue weighted by molar-refractivity contribution is -0.00461. The second-order valence-electron chi connectivity index (χ2n) is 4.83. The fraction of sp³-hybridized carbons (Fsp3) is 0.538. The molecule has 2 N–H and O–H groups in total.